The van der Waals surface area contributed by atoms with Crippen LogP contribution < -0.4 is 10.9 Å². The highest BCUT2D eigenvalue weighted by Gasteiger charge is 2.33. The Kier molecular flexibility index (Phi) is 6.20. The highest BCUT2D eigenvalue weighted by atomic mass is 79.9. The third-order valence-corrected chi connectivity index (χ3v) is 6.03. The molecule has 0 bridgehead atoms. The number of nitrogens with zero attached hydrogens (tertiary/aromatic N) is 2. The zero-order chi connectivity index (χ0) is 23.1. The summed E-state index contributed by atoms with van der Waals surface area (Å²) in [5.41, 5.74) is 4.25. The fourth-order valence-electron chi connectivity index (χ4n) is 3.00. The zero-order valence-corrected chi connectivity index (χ0v) is 18.5. The van der Waals surface area contributed by atoms with Gasteiger partial charge >= 0.3 is 6.18 Å². The number of rotatable bonds is 5. The molecule has 7 nitrogen and oxygen atoms in total. The quantitative estimate of drug-likeness (QED) is 0.516. The summed E-state index contributed by atoms with van der Waals surface area (Å²) in [4.78, 5) is 11.0. The van der Waals surface area contributed by atoms with Gasteiger partial charge in [-0.25, -0.2) is 18.2 Å². The lowest BCUT2D eigenvalue weighted by atomic mass is 9.96. The normalized spacial score (nSPS) is 12.2. The van der Waals surface area contributed by atoms with Gasteiger partial charge in [-0.2, -0.15) is 18.3 Å². The molecule has 0 aliphatic heterocycles. The van der Waals surface area contributed by atoms with Gasteiger partial charge in [-0.15, -0.1) is 0 Å². The van der Waals surface area contributed by atoms with E-state index >= 15 is 0 Å². The van der Waals surface area contributed by atoms with Gasteiger partial charge in [0.15, 0.2) is 0 Å². The third-order valence-electron chi connectivity index (χ3n) is 4.23. The smallest absolute Gasteiger partial charge is 0.369 e. The topological polar surface area (TPSA) is 121 Å². The molecule has 0 aliphatic rings. The predicted octanol–water partition coefficient (Wildman–Crippen LogP) is 3.65. The van der Waals surface area contributed by atoms with Crippen molar-refractivity contribution in [3.63, 3.8) is 0 Å². The van der Waals surface area contributed by atoms with E-state index in [1.54, 1.807) is 6.07 Å². The maximum atomic E-state index is 13.0. The molecule has 0 saturated heterocycles. The van der Waals surface area contributed by atoms with Crippen LogP contribution in [0.2, 0.25) is 5.02 Å². The molecule has 0 spiro atoms. The summed E-state index contributed by atoms with van der Waals surface area (Å²) in [5.74, 6) is -0.765. The molecule has 1 heterocycles. The molecule has 1 aromatic heterocycles. The van der Waals surface area contributed by atoms with Crippen LogP contribution in [-0.2, 0) is 27.4 Å². The van der Waals surface area contributed by atoms with Crippen LogP contribution in [0.3, 0.4) is 0 Å². The molecule has 0 aliphatic carbocycles. The molecule has 31 heavy (non-hydrogen) atoms. The highest BCUT2D eigenvalue weighted by Crippen LogP contribution is 2.40. The van der Waals surface area contributed by atoms with Crippen molar-refractivity contribution in [1.29, 1.82) is 0 Å². The number of carbonyl (C=O) groups excluding carboxylic acids is 1. The molecule has 164 valence electrons. The number of primary sulfonamides is 1. The van der Waals surface area contributed by atoms with E-state index in [2.05, 4.69) is 21.0 Å². The Morgan fingerprint density at radius 1 is 1.23 bits per heavy atom. The average Bonchev–Trinajstić information content (AvgIpc) is 3.12. The van der Waals surface area contributed by atoms with Crippen molar-refractivity contribution in [3.05, 3.63) is 63.3 Å². The minimum atomic E-state index is -4.69. The molecule has 3 rings (SSSR count). The first-order valence-corrected chi connectivity index (χ1v) is 11.1. The maximum Gasteiger partial charge on any atom is 0.419 e. The van der Waals surface area contributed by atoms with Gasteiger partial charge in [0.05, 0.1) is 23.9 Å². The first kappa shape index (κ1) is 23.3. The summed E-state index contributed by atoms with van der Waals surface area (Å²) in [7, 11) is -4.54. The average molecular weight is 538 g/mol. The van der Waals surface area contributed by atoms with E-state index in [-0.39, 0.29) is 33.8 Å². The maximum absolute atomic E-state index is 13.0. The number of hydrogen-bond donors (Lipinski definition) is 2. The molecule has 0 saturated carbocycles. The molecule has 3 aromatic rings. The monoisotopic (exact) mass is 536 g/mol. The number of sulfonamides is 1. The Balaban J connectivity index is 2.44. The van der Waals surface area contributed by atoms with Crippen LogP contribution in [0.1, 0.15) is 11.1 Å². The summed E-state index contributed by atoms with van der Waals surface area (Å²) in [6, 6.07) is 7.12. The van der Waals surface area contributed by atoms with Crippen molar-refractivity contribution in [2.75, 3.05) is 0 Å². The fraction of sp³-hybridized carbons (Fsp3) is 0.111. The van der Waals surface area contributed by atoms with Crippen LogP contribution in [0.15, 0.2) is 52.1 Å². The van der Waals surface area contributed by atoms with Crippen LogP contribution in [0.4, 0.5) is 13.2 Å². The van der Waals surface area contributed by atoms with Crippen molar-refractivity contribution in [1.82, 2.24) is 9.78 Å². The molecule has 0 radical (unpaired) electrons. The van der Waals surface area contributed by atoms with E-state index in [0.29, 0.717) is 16.9 Å². The largest absolute Gasteiger partial charge is 0.419 e. The van der Waals surface area contributed by atoms with Crippen LogP contribution in [0.5, 0.6) is 0 Å². The van der Waals surface area contributed by atoms with E-state index in [1.807, 2.05) is 0 Å². The van der Waals surface area contributed by atoms with E-state index in [4.69, 9.17) is 22.5 Å². The number of alkyl halides is 3. The van der Waals surface area contributed by atoms with Gasteiger partial charge in [-0.05, 0) is 29.8 Å². The number of benzene rings is 2. The zero-order valence-electron chi connectivity index (χ0n) is 15.3. The Morgan fingerprint density at radius 2 is 1.90 bits per heavy atom. The van der Waals surface area contributed by atoms with Gasteiger partial charge in [0.25, 0.3) is 0 Å². The van der Waals surface area contributed by atoms with E-state index < -0.39 is 32.6 Å². The second kappa shape index (κ2) is 8.26. The molecule has 0 unspecified atom stereocenters. The standard InChI is InChI=1S/C18H13BrClF3N4O3S/c19-11-2-3-13(20)12(6-11)16-9(5-15(24)28)1-4-14(17(16)31(25,29)30)27-8-10(7-26-27)18(21,22)23/h1-4,6-8H,5H2,(H2,24,28)(H2,25,29,30). The first-order chi connectivity index (χ1) is 14.3. The van der Waals surface area contributed by atoms with Crippen molar-refractivity contribution < 1.29 is 26.4 Å². The number of carbonyl (C=O) groups is 1. The van der Waals surface area contributed by atoms with Crippen molar-refractivity contribution >= 4 is 43.5 Å². The Labute approximate surface area is 188 Å². The van der Waals surface area contributed by atoms with Gasteiger partial charge in [-0.1, -0.05) is 33.6 Å². The molecule has 0 fully saturated rings. The summed E-state index contributed by atoms with van der Waals surface area (Å²) in [5, 5.41) is 9.20. The van der Waals surface area contributed by atoms with Gasteiger partial charge in [-0.3, -0.25) is 4.79 Å². The Morgan fingerprint density at radius 3 is 2.45 bits per heavy atom. The van der Waals surface area contributed by atoms with Crippen LogP contribution >= 0.6 is 27.5 Å². The number of nitrogens with two attached hydrogens (primary N) is 2. The molecular weight excluding hydrogens is 525 g/mol. The SMILES string of the molecule is NC(=O)Cc1ccc(-n2cc(C(F)(F)F)cn2)c(S(N)(=O)=O)c1-c1cc(Br)ccc1Cl. The number of hydrogen-bond acceptors (Lipinski definition) is 4. The van der Waals surface area contributed by atoms with Crippen molar-refractivity contribution in [2.45, 2.75) is 17.5 Å². The summed E-state index contributed by atoms with van der Waals surface area (Å²) < 4.78 is 65.6. The Bertz CT molecular complexity index is 1290. The number of primary amides is 1. The summed E-state index contributed by atoms with van der Waals surface area (Å²) >= 11 is 9.54. The second-order valence-electron chi connectivity index (χ2n) is 6.43. The van der Waals surface area contributed by atoms with Gasteiger partial charge in [0.1, 0.15) is 4.90 Å². The highest BCUT2D eigenvalue weighted by molar-refractivity contribution is 9.10. The first-order valence-electron chi connectivity index (χ1n) is 8.33. The van der Waals surface area contributed by atoms with Crippen molar-refractivity contribution in [3.8, 4) is 16.8 Å². The summed E-state index contributed by atoms with van der Waals surface area (Å²) in [6.45, 7) is 0. The van der Waals surface area contributed by atoms with E-state index in [9.17, 15) is 26.4 Å². The Hall–Kier alpha value is -2.41. The fourth-order valence-corrected chi connectivity index (χ4v) is 4.55. The van der Waals surface area contributed by atoms with E-state index in [1.165, 1.54) is 24.3 Å². The molecule has 1 amide bonds. The van der Waals surface area contributed by atoms with Crippen LogP contribution in [0.25, 0.3) is 16.8 Å². The minimum absolute atomic E-state index is 0.0610. The molecule has 13 heteroatoms. The second-order valence-corrected chi connectivity index (χ2v) is 9.25. The molecular formula is C18H13BrClF3N4O3S. The molecule has 4 N–H and O–H groups in total. The van der Waals surface area contributed by atoms with Crippen molar-refractivity contribution in [2.24, 2.45) is 10.9 Å². The molecule has 0 atom stereocenters. The lowest BCUT2D eigenvalue weighted by Gasteiger charge is -2.18. The van der Waals surface area contributed by atoms with Gasteiger partial charge < -0.3 is 5.73 Å². The van der Waals surface area contributed by atoms with E-state index in [0.717, 1.165) is 4.68 Å². The lowest BCUT2D eigenvalue weighted by Crippen LogP contribution is -2.20. The van der Waals surface area contributed by atoms with Gasteiger partial charge in [0.2, 0.25) is 15.9 Å². The number of amides is 1. The number of aromatic nitrogens is 2. The summed E-state index contributed by atoms with van der Waals surface area (Å²) in [6.07, 6.45) is -3.88. The minimum Gasteiger partial charge on any atom is -0.369 e. The van der Waals surface area contributed by atoms with Crippen LogP contribution in [-0.4, -0.2) is 24.1 Å². The van der Waals surface area contributed by atoms with Gasteiger partial charge in [0, 0.05) is 26.8 Å². The molecule has 2 aromatic carbocycles. The number of halogens is 5. The predicted molar refractivity (Wildman–Crippen MR) is 111 cm³/mol. The third kappa shape index (κ3) is 4.92. The van der Waals surface area contributed by atoms with Crippen LogP contribution in [0, 0.1) is 0 Å². The lowest BCUT2D eigenvalue weighted by molar-refractivity contribution is -0.137.